The van der Waals surface area contributed by atoms with Gasteiger partial charge < -0.3 is 25.3 Å². The van der Waals surface area contributed by atoms with Crippen molar-refractivity contribution < 1.29 is 24.5 Å². The molecule has 0 aliphatic carbocycles. The topological polar surface area (TPSA) is 115 Å². The van der Waals surface area contributed by atoms with Crippen molar-refractivity contribution in [2.24, 2.45) is 0 Å². The first-order chi connectivity index (χ1) is 11.5. The van der Waals surface area contributed by atoms with Gasteiger partial charge in [-0.05, 0) is 42.5 Å². The highest BCUT2D eigenvalue weighted by molar-refractivity contribution is 5.94. The van der Waals surface area contributed by atoms with Crippen molar-refractivity contribution in [3.05, 3.63) is 54.2 Å². The standard InChI is InChI=1S/C17H14N2O5/c18-14-8-19(11-3-1-10(2-4-11)17(22)23)15-6-5-12(7-13(14)15)24-9-16(20)21/h1-8H,9,18H2,(H,20,21)(H,22,23). The minimum atomic E-state index is -1.06. The number of ether oxygens (including phenoxy) is 1. The number of carbonyl (C=O) groups is 2. The van der Waals surface area contributed by atoms with E-state index < -0.39 is 18.5 Å². The molecule has 24 heavy (non-hydrogen) atoms. The van der Waals surface area contributed by atoms with Gasteiger partial charge in [0.25, 0.3) is 0 Å². The van der Waals surface area contributed by atoms with Gasteiger partial charge in [-0.15, -0.1) is 0 Å². The summed E-state index contributed by atoms with van der Waals surface area (Å²) in [6.07, 6.45) is 1.72. The van der Waals surface area contributed by atoms with E-state index in [1.165, 1.54) is 12.1 Å². The zero-order valence-electron chi connectivity index (χ0n) is 12.5. The van der Waals surface area contributed by atoms with E-state index in [1.54, 1.807) is 36.5 Å². The Labute approximate surface area is 136 Å². The highest BCUT2D eigenvalue weighted by atomic mass is 16.5. The summed E-state index contributed by atoms with van der Waals surface area (Å²) < 4.78 is 6.99. The van der Waals surface area contributed by atoms with Crippen LogP contribution in [0.25, 0.3) is 16.6 Å². The smallest absolute Gasteiger partial charge is 0.341 e. The number of nitrogens with zero attached hydrogens (tertiary/aromatic N) is 1. The number of aliphatic carboxylic acids is 1. The molecule has 0 radical (unpaired) electrons. The Hall–Kier alpha value is -3.48. The molecule has 7 heteroatoms. The maximum atomic E-state index is 10.9. The third-order valence-corrected chi connectivity index (χ3v) is 3.56. The van der Waals surface area contributed by atoms with Gasteiger partial charge in [-0.1, -0.05) is 0 Å². The normalized spacial score (nSPS) is 10.7. The maximum absolute atomic E-state index is 10.9. The lowest BCUT2D eigenvalue weighted by molar-refractivity contribution is -0.139. The van der Waals surface area contributed by atoms with Crippen LogP contribution in [0.2, 0.25) is 0 Å². The average Bonchev–Trinajstić information content (AvgIpc) is 2.89. The summed E-state index contributed by atoms with van der Waals surface area (Å²) in [5.74, 6) is -1.63. The zero-order valence-corrected chi connectivity index (χ0v) is 12.5. The predicted octanol–water partition coefficient (Wildman–Crippen LogP) is 2.37. The van der Waals surface area contributed by atoms with Crippen molar-refractivity contribution in [2.75, 3.05) is 12.3 Å². The predicted molar refractivity (Wildman–Crippen MR) is 87.8 cm³/mol. The SMILES string of the molecule is Nc1cn(-c2ccc(C(=O)O)cc2)c2ccc(OCC(=O)O)cc12. The van der Waals surface area contributed by atoms with Gasteiger partial charge in [-0.25, -0.2) is 9.59 Å². The van der Waals surface area contributed by atoms with Gasteiger partial charge in [0.15, 0.2) is 6.61 Å². The fourth-order valence-corrected chi connectivity index (χ4v) is 2.45. The molecule has 0 fully saturated rings. The second-order valence-electron chi connectivity index (χ2n) is 5.17. The Morgan fingerprint density at radius 3 is 2.42 bits per heavy atom. The molecular weight excluding hydrogens is 312 g/mol. The Kier molecular flexibility index (Phi) is 3.83. The van der Waals surface area contributed by atoms with Crippen LogP contribution in [0.3, 0.4) is 0 Å². The van der Waals surface area contributed by atoms with Crippen LogP contribution in [0, 0.1) is 0 Å². The number of nitrogens with two attached hydrogens (primary N) is 1. The number of nitrogen functional groups attached to an aromatic ring is 1. The van der Waals surface area contributed by atoms with Crippen LogP contribution >= 0.6 is 0 Å². The number of carboxylic acid groups (broad SMARTS) is 2. The molecule has 0 saturated heterocycles. The number of aromatic carboxylic acids is 1. The number of benzene rings is 2. The Balaban J connectivity index is 2.00. The minimum Gasteiger partial charge on any atom is -0.482 e. The first-order valence-corrected chi connectivity index (χ1v) is 7.04. The van der Waals surface area contributed by atoms with Crippen LogP contribution in [0.15, 0.2) is 48.7 Å². The van der Waals surface area contributed by atoms with Crippen LogP contribution in [0.4, 0.5) is 5.69 Å². The van der Waals surface area contributed by atoms with E-state index in [9.17, 15) is 9.59 Å². The quantitative estimate of drug-likeness (QED) is 0.663. The fourth-order valence-electron chi connectivity index (χ4n) is 2.45. The molecule has 0 saturated carbocycles. The molecular formula is C17H14N2O5. The third-order valence-electron chi connectivity index (χ3n) is 3.56. The van der Waals surface area contributed by atoms with E-state index >= 15 is 0 Å². The number of rotatable bonds is 5. The summed E-state index contributed by atoms with van der Waals surface area (Å²) in [7, 11) is 0. The van der Waals surface area contributed by atoms with Crippen molar-refractivity contribution in [1.29, 1.82) is 0 Å². The summed E-state index contributed by atoms with van der Waals surface area (Å²) in [6.45, 7) is -0.428. The van der Waals surface area contributed by atoms with Crippen LogP contribution < -0.4 is 10.5 Å². The molecule has 0 aliphatic heterocycles. The second-order valence-corrected chi connectivity index (χ2v) is 5.17. The Morgan fingerprint density at radius 2 is 1.79 bits per heavy atom. The van der Waals surface area contributed by atoms with Crippen LogP contribution in [-0.2, 0) is 4.79 Å². The van der Waals surface area contributed by atoms with E-state index in [2.05, 4.69) is 0 Å². The Bertz CT molecular complexity index is 928. The van der Waals surface area contributed by atoms with Gasteiger partial charge in [0.2, 0.25) is 0 Å². The second kappa shape index (κ2) is 5.96. The van der Waals surface area contributed by atoms with E-state index in [0.29, 0.717) is 11.4 Å². The molecule has 4 N–H and O–H groups in total. The van der Waals surface area contributed by atoms with Crippen molar-refractivity contribution in [1.82, 2.24) is 4.57 Å². The number of hydrogen-bond donors (Lipinski definition) is 3. The van der Waals surface area contributed by atoms with Gasteiger partial charge in [0, 0.05) is 17.3 Å². The molecule has 0 bridgehead atoms. The molecule has 122 valence electrons. The van der Waals surface area contributed by atoms with E-state index in [0.717, 1.165) is 16.6 Å². The van der Waals surface area contributed by atoms with Crippen LogP contribution in [0.5, 0.6) is 5.75 Å². The van der Waals surface area contributed by atoms with E-state index in [-0.39, 0.29) is 5.56 Å². The lowest BCUT2D eigenvalue weighted by atomic mass is 10.2. The number of fused-ring (bicyclic) bond motifs is 1. The molecule has 0 amide bonds. The molecule has 7 nitrogen and oxygen atoms in total. The molecule has 0 atom stereocenters. The number of aromatic nitrogens is 1. The molecule has 0 aliphatic rings. The zero-order chi connectivity index (χ0) is 17.3. The fraction of sp³-hybridized carbons (Fsp3) is 0.0588. The number of carboxylic acids is 2. The summed E-state index contributed by atoms with van der Waals surface area (Å²) in [5.41, 5.74) is 8.31. The third kappa shape index (κ3) is 2.87. The van der Waals surface area contributed by atoms with Gasteiger partial charge in [-0.3, -0.25) is 0 Å². The van der Waals surface area contributed by atoms with Crippen molar-refractivity contribution >= 4 is 28.5 Å². The summed E-state index contributed by atoms with van der Waals surface area (Å²) in [4.78, 5) is 21.5. The first kappa shape index (κ1) is 15.4. The van der Waals surface area contributed by atoms with Gasteiger partial charge in [-0.2, -0.15) is 0 Å². The van der Waals surface area contributed by atoms with Crippen molar-refractivity contribution in [2.45, 2.75) is 0 Å². The number of anilines is 1. The molecule has 1 aromatic heterocycles. The monoisotopic (exact) mass is 326 g/mol. The van der Waals surface area contributed by atoms with Crippen LogP contribution in [-0.4, -0.2) is 33.3 Å². The lowest BCUT2D eigenvalue weighted by Crippen LogP contribution is -2.09. The van der Waals surface area contributed by atoms with Gasteiger partial charge in [0.1, 0.15) is 5.75 Å². The lowest BCUT2D eigenvalue weighted by Gasteiger charge is -2.07. The van der Waals surface area contributed by atoms with Gasteiger partial charge >= 0.3 is 11.9 Å². The van der Waals surface area contributed by atoms with E-state index in [1.807, 2.05) is 4.57 Å². The number of hydrogen-bond acceptors (Lipinski definition) is 4. The average molecular weight is 326 g/mol. The summed E-state index contributed by atoms with van der Waals surface area (Å²) in [5, 5.41) is 18.3. The first-order valence-electron chi connectivity index (χ1n) is 7.04. The highest BCUT2D eigenvalue weighted by Crippen LogP contribution is 2.30. The molecule has 0 spiro atoms. The Morgan fingerprint density at radius 1 is 1.08 bits per heavy atom. The largest absolute Gasteiger partial charge is 0.482 e. The minimum absolute atomic E-state index is 0.201. The highest BCUT2D eigenvalue weighted by Gasteiger charge is 2.10. The molecule has 3 rings (SSSR count). The molecule has 3 aromatic rings. The molecule has 0 unspecified atom stereocenters. The van der Waals surface area contributed by atoms with E-state index in [4.69, 9.17) is 20.7 Å². The maximum Gasteiger partial charge on any atom is 0.341 e. The van der Waals surface area contributed by atoms with Gasteiger partial charge in [0.05, 0.1) is 16.8 Å². The molecule has 2 aromatic carbocycles. The molecule has 1 heterocycles. The van der Waals surface area contributed by atoms with Crippen molar-refractivity contribution in [3.63, 3.8) is 0 Å². The summed E-state index contributed by atoms with van der Waals surface area (Å²) in [6, 6.07) is 11.5. The van der Waals surface area contributed by atoms with Crippen LogP contribution in [0.1, 0.15) is 10.4 Å². The summed E-state index contributed by atoms with van der Waals surface area (Å²) >= 11 is 0. The van der Waals surface area contributed by atoms with Crippen molar-refractivity contribution in [3.8, 4) is 11.4 Å².